The molecule has 2 fully saturated rings. The molecule has 2 aliphatic rings. The van der Waals surface area contributed by atoms with Gasteiger partial charge >= 0.3 is 0 Å². The van der Waals surface area contributed by atoms with Gasteiger partial charge in [-0.1, -0.05) is 12.1 Å². The van der Waals surface area contributed by atoms with Crippen LogP contribution >= 0.6 is 0 Å². The number of amides is 2. The Morgan fingerprint density at radius 2 is 1.88 bits per heavy atom. The molecule has 1 N–H and O–H groups in total. The molecule has 0 bridgehead atoms. The number of carbonyl (C=O) groups excluding carboxylic acids is 2. The Kier molecular flexibility index (Phi) is 6.67. The van der Waals surface area contributed by atoms with E-state index in [2.05, 4.69) is 16.3 Å². The first kappa shape index (κ1) is 18.9. The number of nitrogens with one attached hydrogen (secondary N) is 1. The fraction of sp³-hybridized carbons (Fsp3) is 0.619. The maximum atomic E-state index is 13.1. The smallest absolute Gasteiger partial charge is 0.254 e. The van der Waals surface area contributed by atoms with Gasteiger partial charge in [-0.2, -0.15) is 0 Å². The third-order valence-corrected chi connectivity index (χ3v) is 5.46. The highest BCUT2D eigenvalue weighted by molar-refractivity contribution is 5.95. The van der Waals surface area contributed by atoms with Crippen molar-refractivity contribution in [3.05, 3.63) is 35.4 Å². The van der Waals surface area contributed by atoms with Crippen LogP contribution in [0.3, 0.4) is 0 Å². The minimum atomic E-state index is 0.0186. The van der Waals surface area contributed by atoms with Crippen molar-refractivity contribution in [3.63, 3.8) is 0 Å². The molecular formula is C21H31N3O2. The number of benzene rings is 1. The minimum absolute atomic E-state index is 0.0186. The van der Waals surface area contributed by atoms with E-state index < -0.39 is 0 Å². The standard InChI is InChI=1S/C21H31N3O2/c1-2-22-20(25)15-19-10-3-4-13-24(19)21(26)18-9-7-8-17(14-18)16-23-11-5-6-12-23/h7-9,14,19H,2-6,10-13,15-16H2,1H3,(H,22,25). The zero-order valence-corrected chi connectivity index (χ0v) is 15.9. The largest absolute Gasteiger partial charge is 0.356 e. The SMILES string of the molecule is CCNC(=O)CC1CCCCN1C(=O)c1cccc(CN2CCCC2)c1. The van der Waals surface area contributed by atoms with Gasteiger partial charge in [-0.15, -0.1) is 0 Å². The molecule has 0 saturated carbocycles. The van der Waals surface area contributed by atoms with Crippen LogP contribution in [0.15, 0.2) is 24.3 Å². The molecule has 3 rings (SSSR count). The number of hydrogen-bond donors (Lipinski definition) is 1. The number of carbonyl (C=O) groups is 2. The van der Waals surface area contributed by atoms with E-state index in [0.717, 1.165) is 51.0 Å². The molecule has 142 valence electrons. The first-order valence-corrected chi connectivity index (χ1v) is 10.1. The van der Waals surface area contributed by atoms with Gasteiger partial charge in [0.2, 0.25) is 5.91 Å². The summed E-state index contributed by atoms with van der Waals surface area (Å²) in [4.78, 5) is 29.5. The molecule has 26 heavy (non-hydrogen) atoms. The second-order valence-electron chi connectivity index (χ2n) is 7.49. The summed E-state index contributed by atoms with van der Waals surface area (Å²) in [6, 6.07) is 8.07. The van der Waals surface area contributed by atoms with E-state index in [1.807, 2.05) is 30.0 Å². The second-order valence-corrected chi connectivity index (χ2v) is 7.49. The van der Waals surface area contributed by atoms with Crippen molar-refractivity contribution in [2.24, 2.45) is 0 Å². The molecule has 5 nitrogen and oxygen atoms in total. The van der Waals surface area contributed by atoms with Gasteiger partial charge in [-0.25, -0.2) is 0 Å². The fourth-order valence-electron chi connectivity index (χ4n) is 4.13. The minimum Gasteiger partial charge on any atom is -0.356 e. The topological polar surface area (TPSA) is 52.7 Å². The Labute approximate surface area is 156 Å². The maximum Gasteiger partial charge on any atom is 0.254 e. The van der Waals surface area contributed by atoms with Crippen molar-refractivity contribution in [1.82, 2.24) is 15.1 Å². The molecule has 0 radical (unpaired) electrons. The Bertz CT molecular complexity index is 625. The summed E-state index contributed by atoms with van der Waals surface area (Å²) >= 11 is 0. The summed E-state index contributed by atoms with van der Waals surface area (Å²) in [7, 11) is 0. The molecular weight excluding hydrogens is 326 g/mol. The third-order valence-electron chi connectivity index (χ3n) is 5.46. The maximum absolute atomic E-state index is 13.1. The van der Waals surface area contributed by atoms with Crippen LogP contribution in [0, 0.1) is 0 Å². The first-order chi connectivity index (χ1) is 12.7. The van der Waals surface area contributed by atoms with E-state index in [4.69, 9.17) is 0 Å². The average molecular weight is 357 g/mol. The van der Waals surface area contributed by atoms with Crippen LogP contribution in [0.25, 0.3) is 0 Å². The average Bonchev–Trinajstić information content (AvgIpc) is 3.15. The summed E-state index contributed by atoms with van der Waals surface area (Å²) in [5.74, 6) is 0.113. The van der Waals surface area contributed by atoms with Crippen molar-refractivity contribution < 1.29 is 9.59 Å². The normalized spacial score (nSPS) is 21.0. The van der Waals surface area contributed by atoms with E-state index in [9.17, 15) is 9.59 Å². The van der Waals surface area contributed by atoms with Crippen LogP contribution in [0.1, 0.15) is 61.4 Å². The summed E-state index contributed by atoms with van der Waals surface area (Å²) in [6.45, 7) is 6.53. The van der Waals surface area contributed by atoms with Crippen LogP contribution in [0.4, 0.5) is 0 Å². The van der Waals surface area contributed by atoms with Gasteiger partial charge in [-0.3, -0.25) is 14.5 Å². The Balaban J connectivity index is 1.68. The fourth-order valence-corrected chi connectivity index (χ4v) is 4.13. The van der Waals surface area contributed by atoms with Crippen LogP contribution in [-0.2, 0) is 11.3 Å². The molecule has 0 aromatic heterocycles. The molecule has 2 heterocycles. The van der Waals surface area contributed by atoms with Gasteiger partial charge in [0.25, 0.3) is 5.91 Å². The summed E-state index contributed by atoms with van der Waals surface area (Å²) in [6.07, 6.45) is 5.97. The Hall–Kier alpha value is -1.88. The van der Waals surface area contributed by atoms with Crippen LogP contribution in [0.5, 0.6) is 0 Å². The highest BCUT2D eigenvalue weighted by atomic mass is 16.2. The third kappa shape index (κ3) is 4.85. The lowest BCUT2D eigenvalue weighted by Crippen LogP contribution is -2.46. The van der Waals surface area contributed by atoms with Gasteiger partial charge in [0.1, 0.15) is 0 Å². The number of nitrogens with zero attached hydrogens (tertiary/aromatic N) is 2. The Morgan fingerprint density at radius 1 is 1.12 bits per heavy atom. The van der Waals surface area contributed by atoms with Crippen LogP contribution in [-0.4, -0.2) is 53.8 Å². The molecule has 2 amide bonds. The number of piperidine rings is 1. The highest BCUT2D eigenvalue weighted by Gasteiger charge is 2.29. The number of hydrogen-bond acceptors (Lipinski definition) is 3. The van der Waals surface area contributed by atoms with Crippen LogP contribution < -0.4 is 5.32 Å². The number of rotatable bonds is 6. The molecule has 1 aromatic carbocycles. The quantitative estimate of drug-likeness (QED) is 0.852. The van der Waals surface area contributed by atoms with Crippen molar-refractivity contribution in [1.29, 1.82) is 0 Å². The Morgan fingerprint density at radius 3 is 2.65 bits per heavy atom. The lowest BCUT2D eigenvalue weighted by molar-refractivity contribution is -0.122. The van der Waals surface area contributed by atoms with Crippen LogP contribution in [0.2, 0.25) is 0 Å². The van der Waals surface area contributed by atoms with Gasteiger partial charge < -0.3 is 10.2 Å². The van der Waals surface area contributed by atoms with E-state index >= 15 is 0 Å². The van der Waals surface area contributed by atoms with Gasteiger partial charge in [-0.05, 0) is 69.8 Å². The van der Waals surface area contributed by atoms with Crippen molar-refractivity contribution in [2.75, 3.05) is 26.2 Å². The van der Waals surface area contributed by atoms with Crippen molar-refractivity contribution >= 4 is 11.8 Å². The van der Waals surface area contributed by atoms with Gasteiger partial charge in [0, 0.05) is 37.7 Å². The molecule has 2 aliphatic heterocycles. The van der Waals surface area contributed by atoms with Crippen molar-refractivity contribution in [3.8, 4) is 0 Å². The molecule has 0 spiro atoms. The van der Waals surface area contributed by atoms with E-state index in [0.29, 0.717) is 13.0 Å². The first-order valence-electron chi connectivity index (χ1n) is 10.1. The van der Waals surface area contributed by atoms with E-state index in [1.54, 1.807) is 0 Å². The number of likely N-dealkylation sites (tertiary alicyclic amines) is 2. The predicted molar refractivity (Wildman–Crippen MR) is 103 cm³/mol. The lowest BCUT2D eigenvalue weighted by atomic mass is 9.97. The monoisotopic (exact) mass is 357 g/mol. The zero-order valence-electron chi connectivity index (χ0n) is 15.9. The summed E-state index contributed by atoms with van der Waals surface area (Å²) < 4.78 is 0. The molecule has 2 saturated heterocycles. The molecule has 1 atom stereocenters. The summed E-state index contributed by atoms with van der Waals surface area (Å²) in [5, 5.41) is 2.86. The van der Waals surface area contributed by atoms with Gasteiger partial charge in [0.15, 0.2) is 0 Å². The molecule has 1 aromatic rings. The predicted octanol–water partition coefficient (Wildman–Crippen LogP) is 2.80. The second kappa shape index (κ2) is 9.17. The zero-order chi connectivity index (χ0) is 18.4. The van der Waals surface area contributed by atoms with E-state index in [1.165, 1.54) is 18.4 Å². The highest BCUT2D eigenvalue weighted by Crippen LogP contribution is 2.23. The molecule has 1 unspecified atom stereocenters. The molecule has 0 aliphatic carbocycles. The molecule has 5 heteroatoms. The van der Waals surface area contributed by atoms with E-state index in [-0.39, 0.29) is 17.9 Å². The lowest BCUT2D eigenvalue weighted by Gasteiger charge is -2.35. The van der Waals surface area contributed by atoms with Gasteiger partial charge in [0.05, 0.1) is 0 Å². The van der Waals surface area contributed by atoms with Crippen molar-refractivity contribution in [2.45, 2.75) is 58.0 Å². The summed E-state index contributed by atoms with van der Waals surface area (Å²) in [5.41, 5.74) is 1.96.